The predicted octanol–water partition coefficient (Wildman–Crippen LogP) is 5.75. The van der Waals surface area contributed by atoms with Crippen LogP contribution in [-0.4, -0.2) is 53.5 Å². The Hall–Kier alpha value is -1.23. The molecule has 0 aliphatic carbocycles. The smallest absolute Gasteiger partial charge is 0.325 e. The SMILES string of the molecule is CCCCCCCCCCCN.CCCCCCCCCCCN.O=C(O)CC(C(=O)O)S(=O)(=O)O. The van der Waals surface area contributed by atoms with E-state index in [-0.39, 0.29) is 0 Å². The fourth-order valence-electron chi connectivity index (χ4n) is 3.39. The molecule has 0 radical (unpaired) electrons. The van der Waals surface area contributed by atoms with Crippen LogP contribution in [0.15, 0.2) is 0 Å². The number of carboxylic acids is 2. The second-order valence-electron chi connectivity index (χ2n) is 9.17. The standard InChI is InChI=1S/2C11H25N.C4H6O7S/c2*1-2-3-4-5-6-7-8-9-10-11-12;5-3(6)1-2(4(7)8)12(9,10)11/h2*2-12H2,1H3;2H,1H2,(H,5,6)(H,7,8)(H,9,10,11). The molecule has 7 N–H and O–H groups in total. The third-order valence-corrected chi connectivity index (χ3v) is 6.70. The third-order valence-electron chi connectivity index (χ3n) is 5.61. The maximum absolute atomic E-state index is 10.2. The van der Waals surface area contributed by atoms with Crippen molar-refractivity contribution in [3.05, 3.63) is 0 Å². The Bertz CT molecular complexity index is 547. The van der Waals surface area contributed by atoms with Crippen molar-refractivity contribution in [3.8, 4) is 0 Å². The lowest BCUT2D eigenvalue weighted by Gasteiger charge is -2.04. The highest BCUT2D eigenvalue weighted by Crippen LogP contribution is 2.10. The van der Waals surface area contributed by atoms with Gasteiger partial charge in [-0.05, 0) is 25.9 Å². The van der Waals surface area contributed by atoms with Crippen LogP contribution in [0.25, 0.3) is 0 Å². The van der Waals surface area contributed by atoms with Gasteiger partial charge < -0.3 is 21.7 Å². The molecular formula is C26H56N2O7S. The summed E-state index contributed by atoms with van der Waals surface area (Å²) in [6, 6.07) is 0. The molecule has 0 rings (SSSR count). The summed E-state index contributed by atoms with van der Waals surface area (Å²) in [5.41, 5.74) is 10.8. The first kappa shape index (κ1) is 39.3. The lowest BCUT2D eigenvalue weighted by Crippen LogP contribution is -2.31. The van der Waals surface area contributed by atoms with Gasteiger partial charge in [0.15, 0.2) is 5.25 Å². The minimum atomic E-state index is -4.84. The molecule has 0 amide bonds. The predicted molar refractivity (Wildman–Crippen MR) is 148 cm³/mol. The second kappa shape index (κ2) is 30.0. The summed E-state index contributed by atoms with van der Waals surface area (Å²) in [5.74, 6) is -3.50. The molecule has 10 heteroatoms. The van der Waals surface area contributed by atoms with Gasteiger partial charge in [0.2, 0.25) is 0 Å². The van der Waals surface area contributed by atoms with E-state index in [1.165, 1.54) is 116 Å². The van der Waals surface area contributed by atoms with Crippen LogP contribution in [0.2, 0.25) is 0 Å². The summed E-state index contributed by atoms with van der Waals surface area (Å²) in [6.45, 7) is 6.27. The highest BCUT2D eigenvalue weighted by Gasteiger charge is 2.33. The van der Waals surface area contributed by atoms with Gasteiger partial charge in [0.1, 0.15) is 0 Å². The summed E-state index contributed by atoms with van der Waals surface area (Å²) in [7, 11) is -4.84. The third kappa shape index (κ3) is 34.9. The van der Waals surface area contributed by atoms with Gasteiger partial charge in [-0.1, -0.05) is 117 Å². The van der Waals surface area contributed by atoms with E-state index in [0.29, 0.717) is 0 Å². The topological polar surface area (TPSA) is 181 Å². The Morgan fingerprint density at radius 3 is 1.06 bits per heavy atom. The molecule has 0 aliphatic heterocycles. The van der Waals surface area contributed by atoms with Crippen LogP contribution < -0.4 is 11.5 Å². The van der Waals surface area contributed by atoms with Gasteiger partial charge in [-0.3, -0.25) is 14.1 Å². The number of hydrogen-bond donors (Lipinski definition) is 5. The van der Waals surface area contributed by atoms with E-state index in [2.05, 4.69) is 13.8 Å². The Balaban J connectivity index is -0.000000454. The van der Waals surface area contributed by atoms with Crippen LogP contribution in [0.3, 0.4) is 0 Å². The lowest BCUT2D eigenvalue weighted by molar-refractivity contribution is -0.143. The molecule has 0 aromatic carbocycles. The van der Waals surface area contributed by atoms with E-state index in [1.54, 1.807) is 0 Å². The van der Waals surface area contributed by atoms with Gasteiger partial charge in [-0.15, -0.1) is 0 Å². The van der Waals surface area contributed by atoms with Gasteiger partial charge in [-0.25, -0.2) is 0 Å². The first-order valence-corrected chi connectivity index (χ1v) is 15.4. The highest BCUT2D eigenvalue weighted by molar-refractivity contribution is 7.87. The molecule has 1 unspecified atom stereocenters. The second-order valence-corrected chi connectivity index (χ2v) is 10.8. The number of carbonyl (C=O) groups is 2. The van der Waals surface area contributed by atoms with Crippen molar-refractivity contribution in [3.63, 3.8) is 0 Å². The number of unbranched alkanes of at least 4 members (excludes halogenated alkanes) is 16. The summed E-state index contributed by atoms with van der Waals surface area (Å²) in [6.07, 6.45) is 23.8. The van der Waals surface area contributed by atoms with E-state index in [4.69, 9.17) is 26.2 Å². The zero-order chi connectivity index (χ0) is 28.1. The minimum Gasteiger partial charge on any atom is -0.481 e. The van der Waals surface area contributed by atoms with Crippen molar-refractivity contribution < 1.29 is 32.8 Å². The van der Waals surface area contributed by atoms with Crippen LogP contribution >= 0.6 is 0 Å². The van der Waals surface area contributed by atoms with Gasteiger partial charge in [0, 0.05) is 0 Å². The van der Waals surface area contributed by atoms with Crippen LogP contribution in [0.1, 0.15) is 136 Å². The number of aliphatic carboxylic acids is 2. The monoisotopic (exact) mass is 540 g/mol. The number of rotatable bonds is 22. The van der Waals surface area contributed by atoms with Gasteiger partial charge >= 0.3 is 11.9 Å². The summed E-state index contributed by atoms with van der Waals surface area (Å²) in [5, 5.41) is 13.9. The van der Waals surface area contributed by atoms with Gasteiger partial charge in [-0.2, -0.15) is 8.42 Å². The molecule has 36 heavy (non-hydrogen) atoms. The molecule has 0 spiro atoms. The first-order valence-electron chi connectivity index (χ1n) is 13.9. The molecule has 0 aliphatic rings. The largest absolute Gasteiger partial charge is 0.481 e. The van der Waals surface area contributed by atoms with Gasteiger partial charge in [0.05, 0.1) is 6.42 Å². The summed E-state index contributed by atoms with van der Waals surface area (Å²) in [4.78, 5) is 20.0. The highest BCUT2D eigenvalue weighted by atomic mass is 32.2. The van der Waals surface area contributed by atoms with Crippen molar-refractivity contribution in [1.29, 1.82) is 0 Å². The average Bonchev–Trinajstić information content (AvgIpc) is 2.81. The fraction of sp³-hybridized carbons (Fsp3) is 0.923. The van der Waals surface area contributed by atoms with E-state index < -0.39 is 33.7 Å². The zero-order valence-corrected chi connectivity index (χ0v) is 23.8. The van der Waals surface area contributed by atoms with Crippen molar-refractivity contribution in [2.24, 2.45) is 11.5 Å². The first-order chi connectivity index (χ1) is 17.1. The van der Waals surface area contributed by atoms with Crippen LogP contribution in [0, 0.1) is 0 Å². The molecular weight excluding hydrogens is 484 g/mol. The molecule has 9 nitrogen and oxygen atoms in total. The maximum atomic E-state index is 10.2. The number of carboxylic acid groups (broad SMARTS) is 2. The molecule has 218 valence electrons. The Labute approximate surface area is 220 Å². The summed E-state index contributed by atoms with van der Waals surface area (Å²) < 4.78 is 28.7. The molecule has 0 heterocycles. The molecule has 0 saturated carbocycles. The van der Waals surface area contributed by atoms with Gasteiger partial charge in [0.25, 0.3) is 10.1 Å². The van der Waals surface area contributed by atoms with E-state index in [0.717, 1.165) is 13.1 Å². The van der Waals surface area contributed by atoms with E-state index in [9.17, 15) is 18.0 Å². The molecule has 0 aromatic heterocycles. The Morgan fingerprint density at radius 1 is 0.611 bits per heavy atom. The van der Waals surface area contributed by atoms with E-state index in [1.807, 2.05) is 0 Å². The van der Waals surface area contributed by atoms with Crippen molar-refractivity contribution in [2.45, 2.75) is 141 Å². The van der Waals surface area contributed by atoms with Crippen LogP contribution in [0.5, 0.6) is 0 Å². The fourth-order valence-corrected chi connectivity index (χ4v) is 4.00. The average molecular weight is 541 g/mol. The molecule has 0 saturated heterocycles. The molecule has 1 atom stereocenters. The van der Waals surface area contributed by atoms with E-state index >= 15 is 0 Å². The molecule has 0 bridgehead atoms. The molecule has 0 aromatic rings. The van der Waals surface area contributed by atoms with Crippen LogP contribution in [-0.2, 0) is 19.7 Å². The lowest BCUT2D eigenvalue weighted by atomic mass is 10.1. The minimum absolute atomic E-state index is 0.871. The molecule has 0 fully saturated rings. The Morgan fingerprint density at radius 2 is 0.889 bits per heavy atom. The van der Waals surface area contributed by atoms with Crippen molar-refractivity contribution >= 4 is 22.1 Å². The maximum Gasteiger partial charge on any atom is 0.325 e. The Kier molecular flexibility index (Phi) is 32.7. The number of hydrogen-bond acceptors (Lipinski definition) is 6. The normalized spacial score (nSPS) is 11.6. The van der Waals surface area contributed by atoms with Crippen LogP contribution in [0.4, 0.5) is 0 Å². The van der Waals surface area contributed by atoms with Crippen molar-refractivity contribution in [2.75, 3.05) is 13.1 Å². The van der Waals surface area contributed by atoms with Crippen molar-refractivity contribution in [1.82, 2.24) is 0 Å². The summed E-state index contributed by atoms with van der Waals surface area (Å²) >= 11 is 0. The zero-order valence-electron chi connectivity index (χ0n) is 23.0. The number of nitrogens with two attached hydrogens (primary N) is 2. The quantitative estimate of drug-likeness (QED) is 0.0842.